The number of carbonyl (C=O) groups excluding carboxylic acids is 1. The fourth-order valence-corrected chi connectivity index (χ4v) is 3.81. The Morgan fingerprint density at radius 2 is 2.05 bits per heavy atom. The largest absolute Gasteiger partial charge is 0.457 e. The van der Waals surface area contributed by atoms with Gasteiger partial charge < -0.3 is 9.47 Å². The third-order valence-electron chi connectivity index (χ3n) is 2.36. The molecule has 1 aromatic carbocycles. The molecule has 0 aliphatic heterocycles. The monoisotopic (exact) mass is 418 g/mol. The summed E-state index contributed by atoms with van der Waals surface area (Å²) in [6.45, 7) is 4.22. The minimum absolute atomic E-state index is 0.00854. The molecule has 118 valence electrons. The van der Waals surface area contributed by atoms with Gasteiger partial charge in [-0.3, -0.25) is 0 Å². The van der Waals surface area contributed by atoms with Crippen molar-refractivity contribution in [2.45, 2.75) is 24.8 Å². The van der Waals surface area contributed by atoms with Gasteiger partial charge in [0.05, 0.1) is 26.6 Å². The molecule has 0 saturated heterocycles. The Labute approximate surface area is 141 Å². The van der Waals surface area contributed by atoms with Gasteiger partial charge in [-0.15, -0.1) is 0 Å². The number of hydrogen-bond donors (Lipinski definition) is 0. The van der Waals surface area contributed by atoms with Gasteiger partial charge in [0.15, 0.2) is 0 Å². The highest BCUT2D eigenvalue weighted by Gasteiger charge is 2.22. The summed E-state index contributed by atoms with van der Waals surface area (Å²) < 4.78 is 33.2. The third kappa shape index (κ3) is 5.41. The van der Waals surface area contributed by atoms with Gasteiger partial charge >= 0.3 is 5.97 Å². The molecule has 0 aliphatic rings. The standard InChI is InChI=1S/C12H13BrCl2O5S/c1-3-19-6-7(2)20-12(16)8-4-9(14)11(13)10(5-8)21(15,17)18/h4-5,7H,3,6H2,1-2H3. The molecule has 1 aromatic rings. The first-order valence-electron chi connectivity index (χ1n) is 5.89. The third-order valence-corrected chi connectivity index (χ3v) is 5.35. The van der Waals surface area contributed by atoms with Gasteiger partial charge in [0.1, 0.15) is 6.10 Å². The van der Waals surface area contributed by atoms with Crippen LogP contribution in [-0.2, 0) is 18.5 Å². The van der Waals surface area contributed by atoms with Crippen molar-refractivity contribution in [1.82, 2.24) is 0 Å². The highest BCUT2D eigenvalue weighted by molar-refractivity contribution is 9.10. The van der Waals surface area contributed by atoms with E-state index < -0.39 is 21.1 Å². The van der Waals surface area contributed by atoms with E-state index in [-0.39, 0.29) is 26.6 Å². The van der Waals surface area contributed by atoms with Crippen LogP contribution in [-0.4, -0.2) is 33.7 Å². The summed E-state index contributed by atoms with van der Waals surface area (Å²) in [5.41, 5.74) is -0.00854. The number of hydrogen-bond acceptors (Lipinski definition) is 5. The Balaban J connectivity index is 3.04. The zero-order valence-corrected chi connectivity index (χ0v) is 15.1. The summed E-state index contributed by atoms with van der Waals surface area (Å²) in [6, 6.07) is 2.40. The second-order valence-electron chi connectivity index (χ2n) is 4.08. The van der Waals surface area contributed by atoms with Crippen molar-refractivity contribution in [3.8, 4) is 0 Å². The zero-order chi connectivity index (χ0) is 16.2. The average molecular weight is 420 g/mol. The SMILES string of the molecule is CCOCC(C)OC(=O)c1cc(Cl)c(Br)c(S(=O)(=O)Cl)c1. The molecule has 5 nitrogen and oxygen atoms in total. The topological polar surface area (TPSA) is 69.7 Å². The van der Waals surface area contributed by atoms with E-state index >= 15 is 0 Å². The summed E-state index contributed by atoms with van der Waals surface area (Å²) in [7, 11) is 1.25. The Morgan fingerprint density at radius 1 is 1.43 bits per heavy atom. The van der Waals surface area contributed by atoms with Crippen LogP contribution in [0.3, 0.4) is 0 Å². The second-order valence-corrected chi connectivity index (χ2v) is 7.82. The molecule has 0 spiro atoms. The van der Waals surface area contributed by atoms with Crippen molar-refractivity contribution in [2.24, 2.45) is 0 Å². The van der Waals surface area contributed by atoms with Crippen molar-refractivity contribution in [3.05, 3.63) is 27.2 Å². The predicted octanol–water partition coefficient (Wildman–Crippen LogP) is 3.61. The Morgan fingerprint density at radius 3 is 2.57 bits per heavy atom. The first-order chi connectivity index (χ1) is 9.66. The van der Waals surface area contributed by atoms with Crippen LogP contribution in [0.15, 0.2) is 21.5 Å². The van der Waals surface area contributed by atoms with E-state index in [1.807, 2.05) is 6.92 Å². The second kappa shape index (κ2) is 7.78. The number of esters is 1. The number of halogens is 3. The minimum atomic E-state index is -4.05. The van der Waals surface area contributed by atoms with E-state index in [0.717, 1.165) is 6.07 Å². The van der Waals surface area contributed by atoms with Crippen molar-refractivity contribution in [2.75, 3.05) is 13.2 Å². The summed E-state index contributed by atoms with van der Waals surface area (Å²) >= 11 is 8.90. The van der Waals surface area contributed by atoms with E-state index in [2.05, 4.69) is 15.9 Å². The molecule has 0 heterocycles. The summed E-state index contributed by atoms with van der Waals surface area (Å²) in [6.07, 6.45) is -0.476. The number of ether oxygens (including phenoxy) is 2. The van der Waals surface area contributed by atoms with Crippen molar-refractivity contribution < 1.29 is 22.7 Å². The smallest absolute Gasteiger partial charge is 0.338 e. The lowest BCUT2D eigenvalue weighted by Gasteiger charge is -2.14. The molecule has 9 heteroatoms. The van der Waals surface area contributed by atoms with Crippen molar-refractivity contribution in [1.29, 1.82) is 0 Å². The molecule has 0 aliphatic carbocycles. The van der Waals surface area contributed by atoms with Crippen LogP contribution in [0, 0.1) is 0 Å². The van der Waals surface area contributed by atoms with Crippen LogP contribution in [0.2, 0.25) is 5.02 Å². The Hall–Kier alpha value is -0.340. The molecule has 0 amide bonds. The molecule has 0 radical (unpaired) electrons. The van der Waals surface area contributed by atoms with Gasteiger partial charge in [0, 0.05) is 17.3 Å². The number of carbonyl (C=O) groups is 1. The fourth-order valence-electron chi connectivity index (χ4n) is 1.43. The van der Waals surface area contributed by atoms with Gasteiger partial charge in [0.2, 0.25) is 0 Å². The maximum Gasteiger partial charge on any atom is 0.338 e. The Bertz CT molecular complexity index is 633. The molecule has 0 fully saturated rings. The fraction of sp³-hybridized carbons (Fsp3) is 0.417. The lowest BCUT2D eigenvalue weighted by atomic mass is 10.2. The first-order valence-corrected chi connectivity index (χ1v) is 9.37. The van der Waals surface area contributed by atoms with E-state index in [1.165, 1.54) is 6.07 Å². The molecule has 0 bridgehead atoms. The van der Waals surface area contributed by atoms with Crippen LogP contribution in [0.4, 0.5) is 0 Å². The quantitative estimate of drug-likeness (QED) is 0.520. The highest BCUT2D eigenvalue weighted by Crippen LogP contribution is 2.33. The molecule has 21 heavy (non-hydrogen) atoms. The molecular weight excluding hydrogens is 407 g/mol. The van der Waals surface area contributed by atoms with Crippen LogP contribution in [0.5, 0.6) is 0 Å². The maximum atomic E-state index is 12.0. The van der Waals surface area contributed by atoms with Gasteiger partial charge in [0.25, 0.3) is 9.05 Å². The van der Waals surface area contributed by atoms with Gasteiger partial charge in [-0.05, 0) is 41.9 Å². The van der Waals surface area contributed by atoms with E-state index in [4.69, 9.17) is 31.8 Å². The van der Waals surface area contributed by atoms with Gasteiger partial charge in [-0.2, -0.15) is 0 Å². The van der Waals surface area contributed by atoms with Crippen molar-refractivity contribution >= 4 is 53.2 Å². The van der Waals surface area contributed by atoms with E-state index in [1.54, 1.807) is 6.92 Å². The number of rotatable bonds is 6. The molecule has 0 N–H and O–H groups in total. The lowest BCUT2D eigenvalue weighted by Crippen LogP contribution is -2.20. The predicted molar refractivity (Wildman–Crippen MR) is 83.6 cm³/mol. The lowest BCUT2D eigenvalue weighted by molar-refractivity contribution is 0.00437. The van der Waals surface area contributed by atoms with Gasteiger partial charge in [-0.1, -0.05) is 11.6 Å². The van der Waals surface area contributed by atoms with Crippen LogP contribution < -0.4 is 0 Å². The molecule has 1 atom stereocenters. The van der Waals surface area contributed by atoms with Gasteiger partial charge in [-0.25, -0.2) is 13.2 Å². The number of benzene rings is 1. The van der Waals surface area contributed by atoms with Crippen LogP contribution in [0.1, 0.15) is 24.2 Å². The normalized spacial score (nSPS) is 13.0. The molecule has 0 aromatic heterocycles. The molecular formula is C12H13BrCl2O5S. The summed E-state index contributed by atoms with van der Waals surface area (Å²) in [5.74, 6) is -0.710. The average Bonchev–Trinajstić information content (AvgIpc) is 2.37. The Kier molecular flexibility index (Phi) is 6.93. The molecule has 0 saturated carbocycles. The van der Waals surface area contributed by atoms with Crippen LogP contribution in [0.25, 0.3) is 0 Å². The van der Waals surface area contributed by atoms with E-state index in [9.17, 15) is 13.2 Å². The highest BCUT2D eigenvalue weighted by atomic mass is 79.9. The minimum Gasteiger partial charge on any atom is -0.457 e. The van der Waals surface area contributed by atoms with Crippen LogP contribution >= 0.6 is 38.2 Å². The molecule has 1 unspecified atom stereocenters. The summed E-state index contributed by atoms with van der Waals surface area (Å²) in [5, 5.41) is 0.0427. The first kappa shape index (κ1) is 18.7. The van der Waals surface area contributed by atoms with Crippen molar-refractivity contribution in [3.63, 3.8) is 0 Å². The zero-order valence-electron chi connectivity index (χ0n) is 11.2. The van der Waals surface area contributed by atoms with E-state index in [0.29, 0.717) is 6.61 Å². The summed E-state index contributed by atoms with van der Waals surface area (Å²) in [4.78, 5) is 11.7. The maximum absolute atomic E-state index is 12.0. The molecule has 1 rings (SSSR count).